The lowest BCUT2D eigenvalue weighted by Crippen LogP contribution is -2.26. The van der Waals surface area contributed by atoms with Crippen molar-refractivity contribution in [2.75, 3.05) is 37.1 Å². The molecule has 0 atom stereocenters. The van der Waals surface area contributed by atoms with Crippen LogP contribution in [0.1, 0.15) is 36.8 Å². The quantitative estimate of drug-likeness (QED) is 0.102. The number of hydrogen-bond donors (Lipinski definition) is 3. The Morgan fingerprint density at radius 3 is 2.61 bits per heavy atom. The van der Waals surface area contributed by atoms with Crippen LogP contribution in [-0.4, -0.2) is 48.7 Å². The van der Waals surface area contributed by atoms with E-state index in [0.717, 1.165) is 31.5 Å². The Bertz CT molecular complexity index is 1310. The summed E-state index contributed by atoms with van der Waals surface area (Å²) in [6, 6.07) is 6.96. The second-order valence-corrected chi connectivity index (χ2v) is 9.79. The first-order chi connectivity index (χ1) is 19.5. The van der Waals surface area contributed by atoms with Gasteiger partial charge in [0.2, 0.25) is 0 Å². The third-order valence-electron chi connectivity index (χ3n) is 6.62. The van der Waals surface area contributed by atoms with Gasteiger partial charge < -0.3 is 15.8 Å². The molecule has 0 radical (unpaired) electrons. The molecule has 1 saturated heterocycles. The number of anilines is 2. The van der Waals surface area contributed by atoms with E-state index in [1.165, 1.54) is 30.5 Å². The normalized spacial score (nSPS) is 15.1. The number of methoxy groups -OCH3 is 1. The molecule has 220 valence electrons. The van der Waals surface area contributed by atoms with Crippen molar-refractivity contribution >= 4 is 23.0 Å². The number of alkyl halides is 3. The van der Waals surface area contributed by atoms with Crippen molar-refractivity contribution in [2.45, 2.75) is 38.8 Å². The van der Waals surface area contributed by atoms with E-state index in [2.05, 4.69) is 21.8 Å². The summed E-state index contributed by atoms with van der Waals surface area (Å²) >= 11 is 0. The number of rotatable bonds is 12. The molecule has 1 aromatic heterocycles. The van der Waals surface area contributed by atoms with Gasteiger partial charge in [0.15, 0.2) is 0 Å². The van der Waals surface area contributed by atoms with Gasteiger partial charge in [-0.15, -0.1) is 0 Å². The number of ether oxygens (including phenoxy) is 1. The van der Waals surface area contributed by atoms with Crippen LogP contribution >= 0.6 is 0 Å². The van der Waals surface area contributed by atoms with Crippen LogP contribution in [0.3, 0.4) is 0 Å². The fourth-order valence-corrected chi connectivity index (χ4v) is 4.36. The third kappa shape index (κ3) is 9.80. The van der Waals surface area contributed by atoms with Gasteiger partial charge in [-0.25, -0.2) is 5.84 Å². The van der Waals surface area contributed by atoms with E-state index in [1.54, 1.807) is 42.7 Å². The Morgan fingerprint density at radius 2 is 1.95 bits per heavy atom. The number of nitrogens with one attached hydrogen (secondary N) is 1. The summed E-state index contributed by atoms with van der Waals surface area (Å²) < 4.78 is 43.8. The largest absolute Gasteiger partial charge is 0.495 e. The van der Waals surface area contributed by atoms with E-state index < -0.39 is 18.5 Å². The maximum Gasteiger partial charge on any atom is 0.392 e. The predicted octanol–water partition coefficient (Wildman–Crippen LogP) is 5.45. The number of pyridine rings is 1. The van der Waals surface area contributed by atoms with Gasteiger partial charge in [0, 0.05) is 35.8 Å². The van der Waals surface area contributed by atoms with Crippen LogP contribution in [0, 0.1) is 6.92 Å². The van der Waals surface area contributed by atoms with Gasteiger partial charge in [-0.3, -0.25) is 19.7 Å². The number of nitrogens with zero attached hydrogens (tertiary/aromatic N) is 3. The molecule has 0 bridgehead atoms. The number of benzene rings is 1. The van der Waals surface area contributed by atoms with Crippen molar-refractivity contribution in [3.63, 3.8) is 0 Å². The highest BCUT2D eigenvalue weighted by atomic mass is 19.4. The van der Waals surface area contributed by atoms with Crippen molar-refractivity contribution in [3.8, 4) is 5.75 Å². The second kappa shape index (κ2) is 14.5. The first-order valence-corrected chi connectivity index (χ1v) is 13.2. The second-order valence-electron chi connectivity index (χ2n) is 9.79. The average molecular weight is 571 g/mol. The Hall–Kier alpha value is -4.09. The van der Waals surface area contributed by atoms with Crippen molar-refractivity contribution in [1.82, 2.24) is 9.88 Å². The molecule has 0 spiro atoms. The van der Waals surface area contributed by atoms with Crippen LogP contribution in [0.25, 0.3) is 5.70 Å². The smallest absolute Gasteiger partial charge is 0.392 e. The van der Waals surface area contributed by atoms with Crippen molar-refractivity contribution in [3.05, 3.63) is 89.9 Å². The number of carbonyl (C=O) groups excluding carboxylic acids is 1. The standard InChI is InChI=1S/C30H37F3N6O2/c1-4-23(9-8-22(11-12-30(31,32)33)19-38-13-5-6-14-38)29(40)37-25-10-7-21(2)28(16-25)39(35)20-27(34)24-15-26(41-3)18-36-17-24/h4,7,9-11,15-18,20H,1,5-6,8,12-14,19,34-35H2,2-3H3,(H,37,40)/b22-11+,23-9?,27-20-. The number of amides is 1. The molecule has 3 rings (SSSR count). The Balaban J connectivity index is 1.74. The van der Waals surface area contributed by atoms with Crippen LogP contribution in [0.2, 0.25) is 0 Å². The van der Waals surface area contributed by atoms with Gasteiger partial charge in [0.1, 0.15) is 5.75 Å². The van der Waals surface area contributed by atoms with E-state index >= 15 is 0 Å². The van der Waals surface area contributed by atoms with Crippen LogP contribution in [0.15, 0.2) is 78.8 Å². The highest BCUT2D eigenvalue weighted by Gasteiger charge is 2.25. The number of aryl methyl sites for hydroxylation is 1. The number of hydrogen-bond acceptors (Lipinski definition) is 7. The molecule has 41 heavy (non-hydrogen) atoms. The summed E-state index contributed by atoms with van der Waals surface area (Å²) in [7, 11) is 1.53. The SMILES string of the molecule is C=CC(=CC/C(=C\CC(F)(F)F)CN1CCCC1)C(=O)Nc1ccc(C)c(N(N)/C=C(\N)c2cncc(OC)c2)c1. The molecule has 1 fully saturated rings. The fourth-order valence-electron chi connectivity index (χ4n) is 4.36. The van der Waals surface area contributed by atoms with Gasteiger partial charge in [0.05, 0.1) is 31.1 Å². The molecule has 1 aromatic carbocycles. The van der Waals surface area contributed by atoms with E-state index in [-0.39, 0.29) is 12.0 Å². The van der Waals surface area contributed by atoms with E-state index in [0.29, 0.717) is 40.5 Å². The van der Waals surface area contributed by atoms with E-state index in [1.807, 2.05) is 6.92 Å². The summed E-state index contributed by atoms with van der Waals surface area (Å²) in [6.45, 7) is 7.73. The molecule has 8 nitrogen and oxygen atoms in total. The summed E-state index contributed by atoms with van der Waals surface area (Å²) in [5.74, 6) is 6.40. The minimum atomic E-state index is -4.29. The molecule has 0 aliphatic carbocycles. The number of aromatic nitrogens is 1. The molecule has 0 saturated carbocycles. The number of likely N-dealkylation sites (tertiary alicyclic amines) is 1. The molecular weight excluding hydrogens is 533 g/mol. The molecule has 1 aliphatic heterocycles. The Kier molecular flexibility index (Phi) is 11.1. The molecule has 0 unspecified atom stereocenters. The lowest BCUT2D eigenvalue weighted by Gasteiger charge is -2.19. The number of halogens is 3. The number of allylic oxidation sites excluding steroid dienone is 2. The van der Waals surface area contributed by atoms with Gasteiger partial charge in [-0.1, -0.05) is 36.4 Å². The van der Waals surface area contributed by atoms with Gasteiger partial charge in [-0.2, -0.15) is 13.2 Å². The predicted molar refractivity (Wildman–Crippen MR) is 157 cm³/mol. The minimum absolute atomic E-state index is 0.209. The molecule has 2 aromatic rings. The average Bonchev–Trinajstić information content (AvgIpc) is 3.45. The zero-order valence-corrected chi connectivity index (χ0v) is 23.4. The summed E-state index contributed by atoms with van der Waals surface area (Å²) in [5.41, 5.74) is 9.96. The zero-order valence-electron chi connectivity index (χ0n) is 23.4. The van der Waals surface area contributed by atoms with Gasteiger partial charge in [0.25, 0.3) is 5.91 Å². The van der Waals surface area contributed by atoms with Crippen LogP contribution in [0.4, 0.5) is 24.5 Å². The molecule has 1 amide bonds. The van der Waals surface area contributed by atoms with E-state index in [4.69, 9.17) is 16.3 Å². The Morgan fingerprint density at radius 1 is 1.22 bits per heavy atom. The maximum absolute atomic E-state index is 13.1. The van der Waals surface area contributed by atoms with Crippen molar-refractivity contribution in [1.29, 1.82) is 0 Å². The summed E-state index contributed by atoms with van der Waals surface area (Å²) in [6.07, 6.45) is 5.88. The first-order valence-electron chi connectivity index (χ1n) is 13.2. The molecule has 11 heteroatoms. The van der Waals surface area contributed by atoms with Gasteiger partial charge >= 0.3 is 6.18 Å². The van der Waals surface area contributed by atoms with Crippen LogP contribution in [-0.2, 0) is 4.79 Å². The van der Waals surface area contributed by atoms with Crippen molar-refractivity contribution in [2.24, 2.45) is 11.6 Å². The lowest BCUT2D eigenvalue weighted by molar-refractivity contribution is -0.125. The highest BCUT2D eigenvalue weighted by Crippen LogP contribution is 2.26. The summed E-state index contributed by atoms with van der Waals surface area (Å²) in [4.78, 5) is 19.3. The van der Waals surface area contributed by atoms with Crippen LogP contribution < -0.4 is 26.6 Å². The summed E-state index contributed by atoms with van der Waals surface area (Å²) in [5, 5.41) is 4.17. The molecule has 1 aliphatic rings. The van der Waals surface area contributed by atoms with E-state index in [9.17, 15) is 18.0 Å². The van der Waals surface area contributed by atoms with Crippen LogP contribution in [0.5, 0.6) is 5.75 Å². The highest BCUT2D eigenvalue weighted by molar-refractivity contribution is 6.05. The zero-order chi connectivity index (χ0) is 30.0. The fraction of sp³-hybridized carbons (Fsp3) is 0.333. The topological polar surface area (TPSA) is 110 Å². The maximum atomic E-state index is 13.1. The number of nitrogens with two attached hydrogens (primary N) is 2. The molecule has 5 N–H and O–H groups in total. The lowest BCUT2D eigenvalue weighted by atomic mass is 10.1. The molecular formula is C30H37F3N6O2. The monoisotopic (exact) mass is 570 g/mol. The number of carbonyl (C=O) groups is 1. The molecule has 2 heterocycles. The Labute approximate surface area is 238 Å². The third-order valence-corrected chi connectivity index (χ3v) is 6.62. The first kappa shape index (κ1) is 31.4. The number of hydrazine groups is 1. The minimum Gasteiger partial charge on any atom is -0.495 e. The van der Waals surface area contributed by atoms with Gasteiger partial charge in [-0.05, 0) is 63.0 Å². The van der Waals surface area contributed by atoms with Crippen molar-refractivity contribution < 1.29 is 22.7 Å².